The number of amides is 2. The summed E-state index contributed by atoms with van der Waals surface area (Å²) in [5.74, 6) is 0.448. The number of nitrogens with one attached hydrogen (secondary N) is 2. The van der Waals surface area contributed by atoms with Gasteiger partial charge in [-0.05, 0) is 31.0 Å². The van der Waals surface area contributed by atoms with Gasteiger partial charge in [-0.25, -0.2) is 4.79 Å². The molecule has 0 spiro atoms. The minimum absolute atomic E-state index is 0.0643. The SMILES string of the molecule is C=CCOC(=O)NCCNC(=O)COc1cccc(C)c1C. The summed E-state index contributed by atoms with van der Waals surface area (Å²) in [4.78, 5) is 22.7. The zero-order chi connectivity index (χ0) is 16.4. The summed E-state index contributed by atoms with van der Waals surface area (Å²) in [6.45, 7) is 8.04. The summed E-state index contributed by atoms with van der Waals surface area (Å²) in [5.41, 5.74) is 2.13. The topological polar surface area (TPSA) is 76.7 Å². The Hall–Kier alpha value is -2.50. The molecule has 0 unspecified atom stereocenters. The van der Waals surface area contributed by atoms with Gasteiger partial charge in [0.05, 0.1) is 0 Å². The Labute approximate surface area is 130 Å². The Bertz CT molecular complexity index is 529. The predicted molar refractivity (Wildman–Crippen MR) is 84.0 cm³/mol. The minimum Gasteiger partial charge on any atom is -0.483 e. The van der Waals surface area contributed by atoms with Crippen molar-refractivity contribution >= 4 is 12.0 Å². The number of rotatable bonds is 8. The van der Waals surface area contributed by atoms with Crippen LogP contribution in [0.25, 0.3) is 0 Å². The molecule has 1 aromatic rings. The van der Waals surface area contributed by atoms with Gasteiger partial charge >= 0.3 is 6.09 Å². The van der Waals surface area contributed by atoms with Crippen molar-refractivity contribution in [3.05, 3.63) is 42.0 Å². The molecule has 0 fully saturated rings. The van der Waals surface area contributed by atoms with Gasteiger partial charge in [0.15, 0.2) is 6.61 Å². The number of hydrogen-bond donors (Lipinski definition) is 2. The molecule has 6 nitrogen and oxygen atoms in total. The largest absolute Gasteiger partial charge is 0.483 e. The molecule has 0 aliphatic rings. The second-order valence-electron chi connectivity index (χ2n) is 4.65. The average Bonchev–Trinajstić information content (AvgIpc) is 2.51. The number of benzene rings is 1. The Morgan fingerprint density at radius 2 is 1.95 bits per heavy atom. The molecule has 0 radical (unpaired) electrons. The minimum atomic E-state index is -0.541. The molecule has 0 aliphatic heterocycles. The maximum absolute atomic E-state index is 11.6. The van der Waals surface area contributed by atoms with Gasteiger partial charge in [-0.1, -0.05) is 24.8 Å². The predicted octanol–water partition coefficient (Wildman–Crippen LogP) is 1.71. The second kappa shape index (κ2) is 9.44. The van der Waals surface area contributed by atoms with Crippen molar-refractivity contribution in [2.45, 2.75) is 13.8 Å². The van der Waals surface area contributed by atoms with E-state index in [1.165, 1.54) is 6.08 Å². The first-order valence-corrected chi connectivity index (χ1v) is 7.02. The molecule has 22 heavy (non-hydrogen) atoms. The quantitative estimate of drug-likeness (QED) is 0.566. The molecule has 0 bridgehead atoms. The number of alkyl carbamates (subject to hydrolysis) is 1. The number of carbonyl (C=O) groups excluding carboxylic acids is 2. The van der Waals surface area contributed by atoms with E-state index < -0.39 is 6.09 Å². The first-order chi connectivity index (χ1) is 10.5. The summed E-state index contributed by atoms with van der Waals surface area (Å²) in [6, 6.07) is 5.69. The highest BCUT2D eigenvalue weighted by molar-refractivity contribution is 5.77. The van der Waals surface area contributed by atoms with Crippen LogP contribution < -0.4 is 15.4 Å². The van der Waals surface area contributed by atoms with Gasteiger partial charge in [-0.15, -0.1) is 0 Å². The second-order valence-corrected chi connectivity index (χ2v) is 4.65. The first-order valence-electron chi connectivity index (χ1n) is 7.02. The molecule has 120 valence electrons. The van der Waals surface area contributed by atoms with Crippen molar-refractivity contribution in [2.24, 2.45) is 0 Å². The van der Waals surface area contributed by atoms with Crippen LogP contribution in [0.1, 0.15) is 11.1 Å². The van der Waals surface area contributed by atoms with E-state index in [1.54, 1.807) is 0 Å². The fourth-order valence-electron chi connectivity index (χ4n) is 1.63. The lowest BCUT2D eigenvalue weighted by Gasteiger charge is -2.11. The summed E-state index contributed by atoms with van der Waals surface area (Å²) in [6.07, 6.45) is 0.937. The van der Waals surface area contributed by atoms with Crippen LogP contribution in [0.2, 0.25) is 0 Å². The lowest BCUT2D eigenvalue weighted by Crippen LogP contribution is -2.37. The molecule has 0 atom stereocenters. The molecule has 2 N–H and O–H groups in total. The van der Waals surface area contributed by atoms with Crippen molar-refractivity contribution in [3.63, 3.8) is 0 Å². The van der Waals surface area contributed by atoms with Gasteiger partial charge in [0.1, 0.15) is 12.4 Å². The van der Waals surface area contributed by atoms with Crippen LogP contribution >= 0.6 is 0 Å². The van der Waals surface area contributed by atoms with Crippen LogP contribution in [0.4, 0.5) is 4.79 Å². The molecular formula is C16H22N2O4. The highest BCUT2D eigenvalue weighted by Crippen LogP contribution is 2.20. The van der Waals surface area contributed by atoms with Crippen LogP contribution in [-0.4, -0.2) is 38.3 Å². The lowest BCUT2D eigenvalue weighted by atomic mass is 10.1. The molecule has 1 rings (SSSR count). The number of ether oxygens (including phenoxy) is 2. The monoisotopic (exact) mass is 306 g/mol. The first kappa shape index (κ1) is 17.6. The maximum atomic E-state index is 11.6. The van der Waals surface area contributed by atoms with E-state index in [0.717, 1.165) is 11.1 Å². The molecule has 0 saturated heterocycles. The van der Waals surface area contributed by atoms with Crippen LogP contribution in [0, 0.1) is 13.8 Å². The molecule has 0 saturated carbocycles. The average molecular weight is 306 g/mol. The van der Waals surface area contributed by atoms with Crippen molar-refractivity contribution in [1.29, 1.82) is 0 Å². The fraction of sp³-hybridized carbons (Fsp3) is 0.375. The maximum Gasteiger partial charge on any atom is 0.407 e. The van der Waals surface area contributed by atoms with Crippen LogP contribution in [-0.2, 0) is 9.53 Å². The summed E-state index contributed by atoms with van der Waals surface area (Å²) in [7, 11) is 0. The molecule has 0 aliphatic carbocycles. The summed E-state index contributed by atoms with van der Waals surface area (Å²) >= 11 is 0. The Morgan fingerprint density at radius 1 is 1.23 bits per heavy atom. The third-order valence-corrected chi connectivity index (χ3v) is 2.96. The van der Waals surface area contributed by atoms with Gasteiger partial charge < -0.3 is 20.1 Å². The Balaban J connectivity index is 2.20. The van der Waals surface area contributed by atoms with Crippen molar-refractivity contribution in [1.82, 2.24) is 10.6 Å². The van der Waals surface area contributed by atoms with E-state index >= 15 is 0 Å². The third-order valence-electron chi connectivity index (χ3n) is 2.96. The molecule has 2 amide bonds. The molecular weight excluding hydrogens is 284 g/mol. The van der Waals surface area contributed by atoms with Gasteiger partial charge in [-0.2, -0.15) is 0 Å². The number of carbonyl (C=O) groups is 2. The molecule has 6 heteroatoms. The molecule has 0 heterocycles. The van der Waals surface area contributed by atoms with E-state index in [0.29, 0.717) is 12.3 Å². The van der Waals surface area contributed by atoms with Crippen molar-refractivity contribution in [3.8, 4) is 5.75 Å². The van der Waals surface area contributed by atoms with E-state index in [-0.39, 0.29) is 25.7 Å². The highest BCUT2D eigenvalue weighted by atomic mass is 16.5. The standard InChI is InChI=1S/C16H22N2O4/c1-4-10-21-16(20)18-9-8-17-15(19)11-22-14-7-5-6-12(2)13(14)3/h4-7H,1,8-11H2,2-3H3,(H,17,19)(H,18,20). The third kappa shape index (κ3) is 6.30. The van der Waals surface area contributed by atoms with Gasteiger partial charge in [0, 0.05) is 13.1 Å². The lowest BCUT2D eigenvalue weighted by molar-refractivity contribution is -0.123. The number of hydrogen-bond acceptors (Lipinski definition) is 4. The van der Waals surface area contributed by atoms with Crippen molar-refractivity contribution in [2.75, 3.05) is 26.3 Å². The van der Waals surface area contributed by atoms with Gasteiger partial charge in [-0.3, -0.25) is 4.79 Å². The zero-order valence-corrected chi connectivity index (χ0v) is 13.0. The zero-order valence-electron chi connectivity index (χ0n) is 13.0. The van der Waals surface area contributed by atoms with E-state index in [2.05, 4.69) is 17.2 Å². The van der Waals surface area contributed by atoms with Crippen LogP contribution in [0.5, 0.6) is 5.75 Å². The van der Waals surface area contributed by atoms with E-state index in [9.17, 15) is 9.59 Å². The van der Waals surface area contributed by atoms with E-state index in [4.69, 9.17) is 9.47 Å². The summed E-state index contributed by atoms with van der Waals surface area (Å²) in [5, 5.41) is 5.14. The van der Waals surface area contributed by atoms with Gasteiger partial charge in [0.25, 0.3) is 5.91 Å². The summed E-state index contributed by atoms with van der Waals surface area (Å²) < 4.78 is 10.2. The smallest absolute Gasteiger partial charge is 0.407 e. The normalized spacial score (nSPS) is 9.73. The highest BCUT2D eigenvalue weighted by Gasteiger charge is 2.06. The van der Waals surface area contributed by atoms with Crippen LogP contribution in [0.3, 0.4) is 0 Å². The fourth-order valence-corrected chi connectivity index (χ4v) is 1.63. The number of aryl methyl sites for hydroxylation is 1. The van der Waals surface area contributed by atoms with Gasteiger partial charge in [0.2, 0.25) is 0 Å². The Morgan fingerprint density at radius 3 is 2.68 bits per heavy atom. The molecule has 1 aromatic carbocycles. The Kier molecular flexibility index (Phi) is 7.53. The van der Waals surface area contributed by atoms with Crippen molar-refractivity contribution < 1.29 is 19.1 Å². The molecule has 0 aromatic heterocycles. The van der Waals surface area contributed by atoms with Crippen LogP contribution in [0.15, 0.2) is 30.9 Å². The van der Waals surface area contributed by atoms with E-state index in [1.807, 2.05) is 32.0 Å².